The van der Waals surface area contributed by atoms with E-state index in [4.69, 9.17) is 9.47 Å². The van der Waals surface area contributed by atoms with Gasteiger partial charge < -0.3 is 30.3 Å². The lowest BCUT2D eigenvalue weighted by Gasteiger charge is -2.36. The van der Waals surface area contributed by atoms with E-state index in [2.05, 4.69) is 24.5 Å². The summed E-state index contributed by atoms with van der Waals surface area (Å²) in [6.45, 7) is 5.74. The van der Waals surface area contributed by atoms with Gasteiger partial charge in [-0.15, -0.1) is 0 Å². The third-order valence-corrected chi connectivity index (χ3v) is 6.73. The first-order valence-corrected chi connectivity index (χ1v) is 12.5. The summed E-state index contributed by atoms with van der Waals surface area (Å²) in [5.41, 5.74) is 0.967. The molecule has 8 nitrogen and oxygen atoms in total. The van der Waals surface area contributed by atoms with Gasteiger partial charge >= 0.3 is 5.97 Å². The van der Waals surface area contributed by atoms with Crippen LogP contribution in [0, 0.1) is 0 Å². The molecule has 8 heteroatoms. The van der Waals surface area contributed by atoms with Gasteiger partial charge in [-0.1, -0.05) is 26.3 Å². The second kappa shape index (κ2) is 9.78. The number of nitrogens with one attached hydrogen (secondary N) is 2. The Bertz CT molecular complexity index is 1310. The highest BCUT2D eigenvalue weighted by Gasteiger charge is 2.53. The van der Waals surface area contributed by atoms with Gasteiger partial charge in [-0.25, -0.2) is 4.79 Å². The largest absolute Gasteiger partial charge is 0.508 e. The number of esters is 1. The number of carbonyl (C=O) groups excluding carboxylic acids is 2. The van der Waals surface area contributed by atoms with Crippen LogP contribution in [0.25, 0.3) is 0 Å². The van der Waals surface area contributed by atoms with Crippen molar-refractivity contribution in [1.29, 1.82) is 0 Å². The number of benzene rings is 3. The van der Waals surface area contributed by atoms with E-state index in [1.165, 1.54) is 24.3 Å². The van der Waals surface area contributed by atoms with Gasteiger partial charge in [-0.05, 0) is 55.8 Å². The summed E-state index contributed by atoms with van der Waals surface area (Å²) in [7, 11) is 0. The first-order chi connectivity index (χ1) is 17.8. The molecule has 1 amide bonds. The molecule has 3 aromatic rings. The Balaban J connectivity index is 1.41. The van der Waals surface area contributed by atoms with E-state index >= 15 is 0 Å². The van der Waals surface area contributed by atoms with Crippen LogP contribution in [0.2, 0.25) is 0 Å². The van der Waals surface area contributed by atoms with Crippen molar-refractivity contribution in [2.75, 3.05) is 13.1 Å². The first-order valence-electron chi connectivity index (χ1n) is 12.5. The number of aromatic hydroxyl groups is 2. The molecule has 4 N–H and O–H groups in total. The number of phenols is 2. The molecule has 37 heavy (non-hydrogen) atoms. The van der Waals surface area contributed by atoms with E-state index in [9.17, 15) is 19.8 Å². The molecule has 2 aliphatic rings. The van der Waals surface area contributed by atoms with Gasteiger partial charge in [0.15, 0.2) is 5.60 Å². The van der Waals surface area contributed by atoms with Crippen molar-refractivity contribution in [2.45, 2.75) is 44.8 Å². The number of hydrogen-bond donors (Lipinski definition) is 4. The molecule has 0 saturated carbocycles. The molecule has 5 rings (SSSR count). The summed E-state index contributed by atoms with van der Waals surface area (Å²) in [5.74, 6) is -0.217. The van der Waals surface area contributed by atoms with Crippen molar-refractivity contribution >= 4 is 11.9 Å². The average Bonchev–Trinajstić information content (AvgIpc) is 3.14. The number of hydrogen-bond acceptors (Lipinski definition) is 7. The van der Waals surface area contributed by atoms with Gasteiger partial charge in [0.1, 0.15) is 23.0 Å². The third-order valence-electron chi connectivity index (χ3n) is 6.73. The van der Waals surface area contributed by atoms with Crippen molar-refractivity contribution in [3.8, 4) is 23.0 Å². The van der Waals surface area contributed by atoms with E-state index in [1.54, 1.807) is 30.3 Å². The van der Waals surface area contributed by atoms with Crippen LogP contribution in [0.5, 0.6) is 23.0 Å². The van der Waals surface area contributed by atoms with Crippen LogP contribution >= 0.6 is 0 Å². The van der Waals surface area contributed by atoms with E-state index < -0.39 is 11.6 Å². The molecule has 192 valence electrons. The number of rotatable bonds is 8. The Morgan fingerprint density at radius 1 is 0.865 bits per heavy atom. The van der Waals surface area contributed by atoms with E-state index in [1.807, 2.05) is 0 Å². The fourth-order valence-corrected chi connectivity index (χ4v) is 4.97. The van der Waals surface area contributed by atoms with Crippen LogP contribution in [0.4, 0.5) is 0 Å². The predicted molar refractivity (Wildman–Crippen MR) is 137 cm³/mol. The van der Waals surface area contributed by atoms with Gasteiger partial charge in [0.2, 0.25) is 0 Å². The molecule has 0 radical (unpaired) electrons. The Morgan fingerprint density at radius 2 is 1.49 bits per heavy atom. The second-order valence-corrected chi connectivity index (χ2v) is 9.72. The minimum absolute atomic E-state index is 0.00902. The van der Waals surface area contributed by atoms with Crippen LogP contribution < -0.4 is 15.4 Å². The molecule has 3 aromatic carbocycles. The Kier molecular flexibility index (Phi) is 6.52. The zero-order valence-electron chi connectivity index (χ0n) is 20.8. The van der Waals surface area contributed by atoms with Crippen molar-refractivity contribution in [2.24, 2.45) is 0 Å². The SMILES string of the molecule is CC(C)NCCCCCNC(=O)c1ccc2c(c1)C(=O)OC21c2ccc(O)cc2Oc2cc(O)ccc21. The fraction of sp³-hybridized carbons (Fsp3) is 0.310. The lowest BCUT2D eigenvalue weighted by molar-refractivity contribution is 0.0224. The van der Waals surface area contributed by atoms with Gasteiger partial charge in [-0.3, -0.25) is 4.79 Å². The zero-order valence-corrected chi connectivity index (χ0v) is 20.8. The number of phenolic OH excluding ortho intramolecular Hbond substituents is 2. The second-order valence-electron chi connectivity index (χ2n) is 9.72. The summed E-state index contributed by atoms with van der Waals surface area (Å²) in [5, 5.41) is 26.4. The Morgan fingerprint density at radius 3 is 2.14 bits per heavy atom. The maximum Gasteiger partial charge on any atom is 0.340 e. The van der Waals surface area contributed by atoms with Crippen molar-refractivity contribution in [1.82, 2.24) is 10.6 Å². The standard InChI is InChI=1S/C29H30N2O6/c1-17(2)30-12-4-3-5-13-31-27(34)18-6-9-22-21(14-18)28(35)37-29(22)23-10-7-19(32)15-25(23)36-26-16-20(33)8-11-24(26)29/h6-11,14-17,30,32-33H,3-5,12-13H2,1-2H3,(H,31,34). The molecule has 0 fully saturated rings. The van der Waals surface area contributed by atoms with Crippen molar-refractivity contribution < 1.29 is 29.3 Å². The molecule has 0 aliphatic carbocycles. The molecule has 1 spiro atoms. The average molecular weight is 503 g/mol. The van der Waals surface area contributed by atoms with Gasteiger partial charge in [-0.2, -0.15) is 0 Å². The molecular weight excluding hydrogens is 472 g/mol. The van der Waals surface area contributed by atoms with Gasteiger partial charge in [0, 0.05) is 47.0 Å². The summed E-state index contributed by atoms with van der Waals surface area (Å²) < 4.78 is 12.0. The highest BCUT2D eigenvalue weighted by Crippen LogP contribution is 2.57. The molecule has 0 aromatic heterocycles. The Labute approximate surface area is 215 Å². The van der Waals surface area contributed by atoms with Gasteiger partial charge in [0.05, 0.1) is 5.56 Å². The van der Waals surface area contributed by atoms with Crippen LogP contribution in [0.3, 0.4) is 0 Å². The lowest BCUT2D eigenvalue weighted by atomic mass is 9.77. The van der Waals surface area contributed by atoms with Gasteiger partial charge in [0.25, 0.3) is 5.91 Å². The molecule has 0 bridgehead atoms. The number of carbonyl (C=O) groups is 2. The molecule has 0 saturated heterocycles. The highest BCUT2D eigenvalue weighted by atomic mass is 16.6. The molecular formula is C29H30N2O6. The topological polar surface area (TPSA) is 117 Å². The van der Waals surface area contributed by atoms with Crippen LogP contribution in [0.1, 0.15) is 70.5 Å². The smallest absolute Gasteiger partial charge is 0.340 e. The van der Waals surface area contributed by atoms with Crippen molar-refractivity contribution in [3.05, 3.63) is 82.4 Å². The van der Waals surface area contributed by atoms with Crippen LogP contribution in [-0.4, -0.2) is 41.2 Å². The third kappa shape index (κ3) is 4.49. The molecule has 2 aliphatic heterocycles. The molecule has 2 heterocycles. The Hall–Kier alpha value is -4.04. The monoisotopic (exact) mass is 502 g/mol. The van der Waals surface area contributed by atoms with E-state index in [0.717, 1.165) is 25.8 Å². The van der Waals surface area contributed by atoms with E-state index in [0.29, 0.717) is 46.3 Å². The van der Waals surface area contributed by atoms with Crippen molar-refractivity contribution in [3.63, 3.8) is 0 Å². The molecule has 0 unspecified atom stereocenters. The summed E-state index contributed by atoms with van der Waals surface area (Å²) in [6.07, 6.45) is 2.92. The number of ether oxygens (including phenoxy) is 2. The summed E-state index contributed by atoms with van der Waals surface area (Å²) in [4.78, 5) is 26.0. The maximum atomic E-state index is 13.2. The number of fused-ring (bicyclic) bond motifs is 6. The zero-order chi connectivity index (χ0) is 26.2. The minimum Gasteiger partial charge on any atom is -0.508 e. The van der Waals surface area contributed by atoms with Crippen LogP contribution in [0.15, 0.2) is 54.6 Å². The fourth-order valence-electron chi connectivity index (χ4n) is 4.97. The quantitative estimate of drug-likeness (QED) is 0.263. The predicted octanol–water partition coefficient (Wildman–Crippen LogP) is 4.56. The normalized spacial score (nSPS) is 14.5. The highest BCUT2D eigenvalue weighted by molar-refractivity contribution is 6.01. The van der Waals surface area contributed by atoms with Crippen LogP contribution in [-0.2, 0) is 10.3 Å². The minimum atomic E-state index is -1.34. The maximum absolute atomic E-state index is 13.2. The summed E-state index contributed by atoms with van der Waals surface area (Å²) >= 11 is 0. The number of amides is 1. The summed E-state index contributed by atoms with van der Waals surface area (Å²) in [6, 6.07) is 14.6. The lowest BCUT2D eigenvalue weighted by Crippen LogP contribution is -2.33. The van der Waals surface area contributed by atoms with E-state index in [-0.39, 0.29) is 23.0 Å². The first kappa shape index (κ1) is 24.6. The number of unbranched alkanes of at least 4 members (excludes halogenated alkanes) is 2. The molecule has 0 atom stereocenters.